The minimum absolute atomic E-state index is 0.180. The summed E-state index contributed by atoms with van der Waals surface area (Å²) in [6, 6.07) is 7.06. The van der Waals surface area contributed by atoms with Gasteiger partial charge in [-0.15, -0.1) is 0 Å². The lowest BCUT2D eigenvalue weighted by molar-refractivity contribution is -0.158. The lowest BCUT2D eigenvalue weighted by Gasteiger charge is -2.26. The molecule has 8 nitrogen and oxygen atoms in total. The Morgan fingerprint density at radius 2 is 1.58 bits per heavy atom. The van der Waals surface area contributed by atoms with Crippen molar-refractivity contribution in [3.05, 3.63) is 35.9 Å². The SMILES string of the molecule is C[C@H](NC(=O)[C@@H](COC(C)(C)C)NS(=O)(=O)CCc1ccccc1)C(=O)OC(C)(C)C. The first-order chi connectivity index (χ1) is 14.1. The number of amides is 1. The topological polar surface area (TPSA) is 111 Å². The molecule has 0 bridgehead atoms. The average Bonchev–Trinajstić information content (AvgIpc) is 2.62. The van der Waals surface area contributed by atoms with Crippen molar-refractivity contribution in [2.45, 2.75) is 78.2 Å². The largest absolute Gasteiger partial charge is 0.458 e. The highest BCUT2D eigenvalue weighted by Gasteiger charge is 2.30. The van der Waals surface area contributed by atoms with Crippen molar-refractivity contribution in [2.75, 3.05) is 12.4 Å². The molecule has 0 aromatic heterocycles. The summed E-state index contributed by atoms with van der Waals surface area (Å²) >= 11 is 0. The predicted octanol–water partition coefficient (Wildman–Crippen LogP) is 2.18. The van der Waals surface area contributed by atoms with E-state index in [9.17, 15) is 18.0 Å². The number of carbonyl (C=O) groups excluding carboxylic acids is 2. The monoisotopic (exact) mass is 456 g/mol. The number of nitrogens with one attached hydrogen (secondary N) is 2. The molecule has 1 rings (SSSR count). The van der Waals surface area contributed by atoms with Crippen molar-refractivity contribution in [3.8, 4) is 0 Å². The summed E-state index contributed by atoms with van der Waals surface area (Å²) in [6.45, 7) is 11.9. The van der Waals surface area contributed by atoms with Gasteiger partial charge in [0.15, 0.2) is 0 Å². The Hall–Kier alpha value is -1.97. The molecule has 1 amide bonds. The van der Waals surface area contributed by atoms with Crippen molar-refractivity contribution in [3.63, 3.8) is 0 Å². The van der Waals surface area contributed by atoms with Crippen LogP contribution in [0.15, 0.2) is 30.3 Å². The summed E-state index contributed by atoms with van der Waals surface area (Å²) in [4.78, 5) is 24.9. The summed E-state index contributed by atoms with van der Waals surface area (Å²) in [6.07, 6.45) is 0.305. The molecule has 2 atom stereocenters. The van der Waals surface area contributed by atoms with Gasteiger partial charge < -0.3 is 14.8 Å². The highest BCUT2D eigenvalue weighted by atomic mass is 32.2. The predicted molar refractivity (Wildman–Crippen MR) is 120 cm³/mol. The molecule has 0 aliphatic carbocycles. The van der Waals surface area contributed by atoms with E-state index < -0.39 is 45.2 Å². The van der Waals surface area contributed by atoms with Gasteiger partial charge in [-0.2, -0.15) is 0 Å². The Bertz CT molecular complexity index is 826. The van der Waals surface area contributed by atoms with Gasteiger partial charge in [0.1, 0.15) is 17.7 Å². The molecule has 0 fully saturated rings. The van der Waals surface area contributed by atoms with Crippen LogP contribution in [0.1, 0.15) is 54.0 Å². The smallest absolute Gasteiger partial charge is 0.328 e. The van der Waals surface area contributed by atoms with E-state index in [0.717, 1.165) is 5.56 Å². The van der Waals surface area contributed by atoms with Gasteiger partial charge in [-0.25, -0.2) is 17.9 Å². The first-order valence-corrected chi connectivity index (χ1v) is 11.9. The second-order valence-corrected chi connectivity index (χ2v) is 11.3. The molecule has 0 heterocycles. The molecule has 0 aliphatic heterocycles. The van der Waals surface area contributed by atoms with Crippen LogP contribution in [0.3, 0.4) is 0 Å². The summed E-state index contributed by atoms with van der Waals surface area (Å²) in [7, 11) is -3.78. The van der Waals surface area contributed by atoms with Crippen molar-refractivity contribution in [1.29, 1.82) is 0 Å². The second kappa shape index (κ2) is 11.1. The molecule has 9 heteroatoms. The van der Waals surface area contributed by atoms with Crippen LogP contribution in [0.2, 0.25) is 0 Å². The van der Waals surface area contributed by atoms with Gasteiger partial charge in [-0.05, 0) is 60.5 Å². The zero-order valence-electron chi connectivity index (χ0n) is 19.5. The van der Waals surface area contributed by atoms with E-state index >= 15 is 0 Å². The molecule has 176 valence electrons. The normalized spacial score (nSPS) is 14.5. The number of rotatable bonds is 10. The lowest BCUT2D eigenvalue weighted by atomic mass is 10.2. The number of hydrogen-bond donors (Lipinski definition) is 2. The fourth-order valence-electron chi connectivity index (χ4n) is 2.43. The van der Waals surface area contributed by atoms with Crippen molar-refractivity contribution >= 4 is 21.9 Å². The van der Waals surface area contributed by atoms with Gasteiger partial charge in [0, 0.05) is 0 Å². The van der Waals surface area contributed by atoms with Gasteiger partial charge in [-0.1, -0.05) is 30.3 Å². The zero-order valence-corrected chi connectivity index (χ0v) is 20.3. The van der Waals surface area contributed by atoms with Crippen LogP contribution in [0.5, 0.6) is 0 Å². The fourth-order valence-corrected chi connectivity index (χ4v) is 3.66. The molecule has 0 saturated heterocycles. The summed E-state index contributed by atoms with van der Waals surface area (Å²) < 4.78 is 38.5. The Kier molecular flexibility index (Phi) is 9.66. The maximum atomic E-state index is 12.8. The molecule has 1 aromatic rings. The minimum Gasteiger partial charge on any atom is -0.458 e. The maximum absolute atomic E-state index is 12.8. The van der Waals surface area contributed by atoms with E-state index in [2.05, 4.69) is 10.0 Å². The number of esters is 1. The van der Waals surface area contributed by atoms with E-state index in [0.29, 0.717) is 6.42 Å². The minimum atomic E-state index is -3.78. The third kappa shape index (κ3) is 11.9. The van der Waals surface area contributed by atoms with Crippen LogP contribution in [-0.2, 0) is 35.5 Å². The summed E-state index contributed by atoms with van der Waals surface area (Å²) in [5.41, 5.74) is -0.410. The highest BCUT2D eigenvalue weighted by molar-refractivity contribution is 7.89. The summed E-state index contributed by atoms with van der Waals surface area (Å²) in [5, 5.41) is 2.51. The Morgan fingerprint density at radius 1 is 1.00 bits per heavy atom. The second-order valence-electron chi connectivity index (χ2n) is 9.41. The van der Waals surface area contributed by atoms with Crippen LogP contribution in [0.4, 0.5) is 0 Å². The molecule has 0 radical (unpaired) electrons. The third-order valence-corrected chi connectivity index (χ3v) is 5.33. The number of sulfonamides is 1. The molecular formula is C22H36N2O6S. The fraction of sp³-hybridized carbons (Fsp3) is 0.636. The molecule has 0 spiro atoms. The van der Waals surface area contributed by atoms with E-state index in [1.165, 1.54) is 6.92 Å². The quantitative estimate of drug-likeness (QED) is 0.522. The van der Waals surface area contributed by atoms with Crippen LogP contribution in [-0.4, -0.2) is 55.9 Å². The van der Waals surface area contributed by atoms with E-state index in [4.69, 9.17) is 9.47 Å². The molecule has 2 N–H and O–H groups in total. The Balaban J connectivity index is 2.84. The van der Waals surface area contributed by atoms with Crippen LogP contribution in [0.25, 0.3) is 0 Å². The zero-order chi connectivity index (χ0) is 23.9. The molecule has 1 aromatic carbocycles. The first-order valence-electron chi connectivity index (χ1n) is 10.3. The van der Waals surface area contributed by atoms with E-state index in [-0.39, 0.29) is 12.4 Å². The van der Waals surface area contributed by atoms with Gasteiger partial charge in [0.2, 0.25) is 15.9 Å². The van der Waals surface area contributed by atoms with Gasteiger partial charge in [-0.3, -0.25) is 4.79 Å². The Labute approximate surface area is 186 Å². The van der Waals surface area contributed by atoms with Crippen molar-refractivity contribution < 1.29 is 27.5 Å². The van der Waals surface area contributed by atoms with Crippen molar-refractivity contribution in [1.82, 2.24) is 10.0 Å². The number of carbonyl (C=O) groups is 2. The van der Waals surface area contributed by atoms with E-state index in [1.807, 2.05) is 30.3 Å². The highest BCUT2D eigenvalue weighted by Crippen LogP contribution is 2.10. The summed E-state index contributed by atoms with van der Waals surface area (Å²) in [5.74, 6) is -1.45. The molecule has 31 heavy (non-hydrogen) atoms. The van der Waals surface area contributed by atoms with E-state index in [1.54, 1.807) is 41.5 Å². The van der Waals surface area contributed by atoms with Crippen LogP contribution in [0, 0.1) is 0 Å². The molecule has 0 aliphatic rings. The maximum Gasteiger partial charge on any atom is 0.328 e. The standard InChI is InChI=1S/C22H36N2O6S/c1-16(20(26)30-22(5,6)7)23-19(25)18(15-29-21(2,3)4)24-31(27,28)14-13-17-11-9-8-10-12-17/h8-12,16,18,24H,13-15H2,1-7H3,(H,23,25)/t16-,18+/m0/s1. The first kappa shape index (κ1) is 27.1. The third-order valence-electron chi connectivity index (χ3n) is 3.94. The van der Waals surface area contributed by atoms with Gasteiger partial charge in [0.05, 0.1) is 18.0 Å². The number of benzene rings is 1. The lowest BCUT2D eigenvalue weighted by Crippen LogP contribution is -2.54. The number of aryl methyl sites for hydroxylation is 1. The van der Waals surface area contributed by atoms with Gasteiger partial charge in [0.25, 0.3) is 0 Å². The number of hydrogen-bond acceptors (Lipinski definition) is 6. The molecule has 0 unspecified atom stereocenters. The number of ether oxygens (including phenoxy) is 2. The molecular weight excluding hydrogens is 420 g/mol. The average molecular weight is 457 g/mol. The van der Waals surface area contributed by atoms with Crippen LogP contribution < -0.4 is 10.0 Å². The van der Waals surface area contributed by atoms with Crippen LogP contribution >= 0.6 is 0 Å². The molecule has 0 saturated carbocycles. The van der Waals surface area contributed by atoms with Gasteiger partial charge >= 0.3 is 5.97 Å². The Morgan fingerprint density at radius 3 is 2.10 bits per heavy atom. The van der Waals surface area contributed by atoms with Crippen molar-refractivity contribution in [2.24, 2.45) is 0 Å².